The number of fused-ring (bicyclic) bond motifs is 1. The predicted octanol–water partition coefficient (Wildman–Crippen LogP) is -0.665. The van der Waals surface area contributed by atoms with Gasteiger partial charge in [-0.3, -0.25) is 14.3 Å². The normalized spacial score (nSPS) is 23.6. The molecule has 3 heterocycles. The Kier molecular flexibility index (Phi) is 3.15. The SMILES string of the molecule is CN(C)C(=O)C1=NOC2CN(C(=O)c3ccn(C)n3)CC12. The van der Waals surface area contributed by atoms with Crippen molar-refractivity contribution < 1.29 is 14.4 Å². The molecule has 0 N–H and O–H groups in total. The summed E-state index contributed by atoms with van der Waals surface area (Å²) >= 11 is 0. The molecule has 1 saturated heterocycles. The molecule has 0 aromatic carbocycles. The third kappa shape index (κ3) is 2.26. The van der Waals surface area contributed by atoms with Gasteiger partial charge in [-0.05, 0) is 6.07 Å². The van der Waals surface area contributed by atoms with Gasteiger partial charge < -0.3 is 14.6 Å². The number of carbonyl (C=O) groups excluding carboxylic acids is 2. The van der Waals surface area contributed by atoms with Gasteiger partial charge in [-0.25, -0.2) is 0 Å². The molecular formula is C13H17N5O3. The van der Waals surface area contributed by atoms with Crippen LogP contribution in [0, 0.1) is 5.92 Å². The average molecular weight is 291 g/mol. The Bertz CT molecular complexity index is 621. The molecule has 1 fully saturated rings. The first kappa shape index (κ1) is 13.6. The number of hydrogen-bond donors (Lipinski definition) is 0. The van der Waals surface area contributed by atoms with E-state index in [1.54, 1.807) is 43.0 Å². The molecule has 112 valence electrons. The van der Waals surface area contributed by atoms with Gasteiger partial charge in [-0.2, -0.15) is 5.10 Å². The van der Waals surface area contributed by atoms with Crippen LogP contribution in [-0.2, 0) is 16.7 Å². The molecule has 0 radical (unpaired) electrons. The Morgan fingerprint density at radius 3 is 2.76 bits per heavy atom. The second-order valence-electron chi connectivity index (χ2n) is 5.51. The lowest BCUT2D eigenvalue weighted by Crippen LogP contribution is -2.36. The van der Waals surface area contributed by atoms with Gasteiger partial charge in [0.05, 0.1) is 12.5 Å². The molecule has 2 atom stereocenters. The number of rotatable bonds is 2. The predicted molar refractivity (Wildman–Crippen MR) is 73.6 cm³/mol. The summed E-state index contributed by atoms with van der Waals surface area (Å²) in [6.07, 6.45) is 1.49. The molecule has 0 bridgehead atoms. The van der Waals surface area contributed by atoms with Crippen molar-refractivity contribution in [2.45, 2.75) is 6.10 Å². The van der Waals surface area contributed by atoms with Gasteiger partial charge in [0.1, 0.15) is 5.69 Å². The largest absolute Gasteiger partial charge is 0.389 e. The van der Waals surface area contributed by atoms with Gasteiger partial charge in [-0.1, -0.05) is 5.16 Å². The lowest BCUT2D eigenvalue weighted by Gasteiger charge is -2.16. The van der Waals surface area contributed by atoms with Crippen molar-refractivity contribution in [3.05, 3.63) is 18.0 Å². The van der Waals surface area contributed by atoms with Gasteiger partial charge in [-0.15, -0.1) is 0 Å². The summed E-state index contributed by atoms with van der Waals surface area (Å²) in [6, 6.07) is 1.68. The number of nitrogens with zero attached hydrogens (tertiary/aromatic N) is 5. The maximum absolute atomic E-state index is 12.4. The molecule has 1 aromatic rings. The van der Waals surface area contributed by atoms with Crippen LogP contribution in [0.2, 0.25) is 0 Å². The van der Waals surface area contributed by atoms with Crippen molar-refractivity contribution in [2.75, 3.05) is 27.2 Å². The van der Waals surface area contributed by atoms with Crippen LogP contribution in [0.25, 0.3) is 0 Å². The van der Waals surface area contributed by atoms with Crippen LogP contribution in [-0.4, -0.2) is 70.4 Å². The Morgan fingerprint density at radius 1 is 1.38 bits per heavy atom. The minimum absolute atomic E-state index is 0.148. The number of likely N-dealkylation sites (tertiary alicyclic amines) is 1. The monoisotopic (exact) mass is 291 g/mol. The number of aromatic nitrogens is 2. The highest BCUT2D eigenvalue weighted by molar-refractivity contribution is 6.40. The molecule has 21 heavy (non-hydrogen) atoms. The van der Waals surface area contributed by atoms with Crippen LogP contribution in [0.15, 0.2) is 17.4 Å². The number of oxime groups is 1. The summed E-state index contributed by atoms with van der Waals surface area (Å²) in [4.78, 5) is 32.8. The molecule has 3 rings (SSSR count). The lowest BCUT2D eigenvalue weighted by atomic mass is 10.00. The first-order chi connectivity index (χ1) is 9.97. The Labute approximate surface area is 121 Å². The molecule has 2 aliphatic rings. The zero-order valence-electron chi connectivity index (χ0n) is 12.2. The second-order valence-corrected chi connectivity index (χ2v) is 5.51. The quantitative estimate of drug-likeness (QED) is 0.724. The summed E-state index contributed by atoms with van der Waals surface area (Å²) in [5.74, 6) is -0.479. The van der Waals surface area contributed by atoms with Crippen LogP contribution in [0.5, 0.6) is 0 Å². The Balaban J connectivity index is 1.73. The van der Waals surface area contributed by atoms with Gasteiger partial charge in [0.2, 0.25) is 0 Å². The van der Waals surface area contributed by atoms with Crippen molar-refractivity contribution >= 4 is 17.5 Å². The highest BCUT2D eigenvalue weighted by Crippen LogP contribution is 2.28. The molecule has 0 spiro atoms. The second kappa shape index (κ2) is 4.87. The molecule has 2 aliphatic heterocycles. The average Bonchev–Trinajstić information content (AvgIpc) is 3.11. The number of carbonyl (C=O) groups is 2. The molecule has 0 aliphatic carbocycles. The Hall–Kier alpha value is -2.38. The summed E-state index contributed by atoms with van der Waals surface area (Å²) in [6.45, 7) is 0.853. The molecular weight excluding hydrogens is 274 g/mol. The first-order valence-electron chi connectivity index (χ1n) is 6.71. The maximum atomic E-state index is 12.4. The summed E-state index contributed by atoms with van der Waals surface area (Å²) in [5, 5.41) is 7.99. The summed E-state index contributed by atoms with van der Waals surface area (Å²) in [7, 11) is 5.10. The lowest BCUT2D eigenvalue weighted by molar-refractivity contribution is -0.122. The topological polar surface area (TPSA) is 80.0 Å². The molecule has 1 aromatic heterocycles. The smallest absolute Gasteiger partial charge is 0.274 e. The maximum Gasteiger partial charge on any atom is 0.274 e. The standard InChI is InChI=1S/C13H17N5O3/c1-16(2)13(20)11-8-6-18(7-10(8)21-15-11)12(19)9-4-5-17(3)14-9/h4-5,8,10H,6-7H2,1-3H3. The van der Waals surface area contributed by atoms with Crippen LogP contribution in [0.1, 0.15) is 10.5 Å². The fourth-order valence-corrected chi connectivity index (χ4v) is 2.62. The van der Waals surface area contributed by atoms with E-state index >= 15 is 0 Å². The van der Waals surface area contributed by atoms with E-state index in [0.717, 1.165) is 0 Å². The van der Waals surface area contributed by atoms with E-state index in [-0.39, 0.29) is 23.8 Å². The van der Waals surface area contributed by atoms with E-state index in [1.807, 2.05) is 0 Å². The zero-order chi connectivity index (χ0) is 15.1. The number of hydrogen-bond acceptors (Lipinski definition) is 5. The zero-order valence-corrected chi connectivity index (χ0v) is 12.2. The fourth-order valence-electron chi connectivity index (χ4n) is 2.62. The van der Waals surface area contributed by atoms with Crippen molar-refractivity contribution in [2.24, 2.45) is 18.1 Å². The van der Waals surface area contributed by atoms with E-state index < -0.39 is 0 Å². The van der Waals surface area contributed by atoms with Gasteiger partial charge >= 0.3 is 0 Å². The number of aryl methyl sites for hydroxylation is 1. The van der Waals surface area contributed by atoms with Gasteiger partial charge in [0.15, 0.2) is 11.8 Å². The van der Waals surface area contributed by atoms with E-state index in [9.17, 15) is 9.59 Å². The molecule has 2 unspecified atom stereocenters. The van der Waals surface area contributed by atoms with Crippen LogP contribution in [0.3, 0.4) is 0 Å². The van der Waals surface area contributed by atoms with Crippen LogP contribution in [0.4, 0.5) is 0 Å². The van der Waals surface area contributed by atoms with Crippen molar-refractivity contribution in [3.63, 3.8) is 0 Å². The minimum Gasteiger partial charge on any atom is -0.389 e. The first-order valence-corrected chi connectivity index (χ1v) is 6.71. The summed E-state index contributed by atoms with van der Waals surface area (Å²) in [5.41, 5.74) is 0.788. The third-order valence-electron chi connectivity index (χ3n) is 3.75. The van der Waals surface area contributed by atoms with Gasteiger partial charge in [0.25, 0.3) is 11.8 Å². The van der Waals surface area contributed by atoms with E-state index in [0.29, 0.717) is 24.5 Å². The highest BCUT2D eigenvalue weighted by Gasteiger charge is 2.46. The van der Waals surface area contributed by atoms with Crippen LogP contribution < -0.4 is 0 Å². The van der Waals surface area contributed by atoms with E-state index in [4.69, 9.17) is 4.84 Å². The van der Waals surface area contributed by atoms with Crippen molar-refractivity contribution in [1.82, 2.24) is 19.6 Å². The van der Waals surface area contributed by atoms with E-state index in [1.165, 1.54) is 4.90 Å². The van der Waals surface area contributed by atoms with Gasteiger partial charge in [0, 0.05) is 33.9 Å². The van der Waals surface area contributed by atoms with Crippen molar-refractivity contribution in [1.29, 1.82) is 0 Å². The minimum atomic E-state index is -0.239. The molecule has 8 nitrogen and oxygen atoms in total. The molecule has 0 saturated carbocycles. The fraction of sp³-hybridized carbons (Fsp3) is 0.538. The van der Waals surface area contributed by atoms with E-state index in [2.05, 4.69) is 10.3 Å². The number of amides is 2. The highest BCUT2D eigenvalue weighted by atomic mass is 16.6. The Morgan fingerprint density at radius 2 is 2.14 bits per heavy atom. The third-order valence-corrected chi connectivity index (χ3v) is 3.75. The van der Waals surface area contributed by atoms with Crippen LogP contribution >= 0.6 is 0 Å². The van der Waals surface area contributed by atoms with Crippen molar-refractivity contribution in [3.8, 4) is 0 Å². The molecule has 8 heteroatoms. The summed E-state index contributed by atoms with van der Waals surface area (Å²) < 4.78 is 1.59. The molecule has 2 amide bonds.